The average Bonchev–Trinajstić information content (AvgIpc) is 2.67. The van der Waals surface area contributed by atoms with Crippen LogP contribution >= 0.6 is 11.6 Å². The third-order valence-electron chi connectivity index (χ3n) is 4.12. The van der Waals surface area contributed by atoms with Crippen molar-refractivity contribution < 1.29 is 27.8 Å². The number of carboxylic acid groups (broad SMARTS) is 1. The second kappa shape index (κ2) is 13.1. The molecule has 0 amide bonds. The van der Waals surface area contributed by atoms with Crippen LogP contribution in [0.4, 0.5) is 18.9 Å². The molecule has 31 heavy (non-hydrogen) atoms. The van der Waals surface area contributed by atoms with Gasteiger partial charge in [0.05, 0.1) is 6.42 Å². The zero-order valence-electron chi connectivity index (χ0n) is 19.0. The van der Waals surface area contributed by atoms with Gasteiger partial charge in [0.1, 0.15) is 5.76 Å². The third kappa shape index (κ3) is 9.96. The molecule has 0 fully saturated rings. The fourth-order valence-electron chi connectivity index (χ4n) is 2.81. The molecule has 1 rings (SSSR count). The number of likely N-dealkylation sites (N-methyl/N-ethyl adjacent to an activating group) is 1. The second-order valence-electron chi connectivity index (χ2n) is 6.59. The van der Waals surface area contributed by atoms with Crippen molar-refractivity contribution in [2.45, 2.75) is 54.3 Å². The Balaban J connectivity index is 0.00000436. The molecule has 0 spiro atoms. The summed E-state index contributed by atoms with van der Waals surface area (Å²) in [4.78, 5) is 13.0. The Morgan fingerprint density at radius 3 is 2.26 bits per heavy atom. The summed E-state index contributed by atoms with van der Waals surface area (Å²) < 4.78 is 41.4. The molecule has 1 aromatic rings. The van der Waals surface area contributed by atoms with Gasteiger partial charge in [0.25, 0.3) is 0 Å². The maximum Gasteiger partial charge on any atom is 0.573 e. The first kappa shape index (κ1) is 28.6. The van der Waals surface area contributed by atoms with Crippen LogP contribution in [0.5, 0.6) is 0 Å². The van der Waals surface area contributed by atoms with E-state index in [4.69, 9.17) is 11.6 Å². The van der Waals surface area contributed by atoms with Crippen LogP contribution in [0, 0.1) is 6.92 Å². The lowest BCUT2D eigenvalue weighted by Crippen LogP contribution is -2.21. The van der Waals surface area contributed by atoms with Crippen LogP contribution in [-0.4, -0.2) is 31.0 Å². The van der Waals surface area contributed by atoms with Gasteiger partial charge in [-0.1, -0.05) is 37.1 Å². The van der Waals surface area contributed by atoms with Gasteiger partial charge in [-0.2, -0.15) is 0 Å². The van der Waals surface area contributed by atoms with Crippen molar-refractivity contribution in [2.24, 2.45) is 0 Å². The molecule has 4 nitrogen and oxygen atoms in total. The van der Waals surface area contributed by atoms with Crippen molar-refractivity contribution in [3.63, 3.8) is 0 Å². The number of hydrogen-bond acceptors (Lipinski definition) is 3. The van der Waals surface area contributed by atoms with Gasteiger partial charge in [-0.15, -0.1) is 13.2 Å². The molecule has 174 valence electrons. The van der Waals surface area contributed by atoms with Gasteiger partial charge in [-0.25, -0.2) is 0 Å². The molecule has 0 saturated heterocycles. The Labute approximate surface area is 187 Å². The Morgan fingerprint density at radius 2 is 1.81 bits per heavy atom. The lowest BCUT2D eigenvalue weighted by Gasteiger charge is -2.25. The summed E-state index contributed by atoms with van der Waals surface area (Å²) in [6.07, 6.45) is -0.648. The van der Waals surface area contributed by atoms with Crippen LogP contribution in [-0.2, 0) is 9.53 Å². The molecule has 0 aliphatic heterocycles. The Morgan fingerprint density at radius 1 is 1.23 bits per heavy atom. The molecule has 0 aromatic heterocycles. The van der Waals surface area contributed by atoms with E-state index in [1.54, 1.807) is 37.9 Å². The number of benzene rings is 1. The maximum atomic E-state index is 12.5. The number of rotatable bonds is 8. The van der Waals surface area contributed by atoms with Gasteiger partial charge < -0.3 is 14.7 Å². The van der Waals surface area contributed by atoms with Crippen molar-refractivity contribution in [1.29, 1.82) is 0 Å². The molecule has 0 heterocycles. The van der Waals surface area contributed by atoms with E-state index >= 15 is 0 Å². The number of nitrogens with zero attached hydrogens (tertiary/aromatic N) is 1. The topological polar surface area (TPSA) is 49.8 Å². The number of halogens is 4. The van der Waals surface area contributed by atoms with Gasteiger partial charge in [-0.3, -0.25) is 4.79 Å². The largest absolute Gasteiger partial charge is 0.573 e. The van der Waals surface area contributed by atoms with Crippen LogP contribution in [0.3, 0.4) is 0 Å². The van der Waals surface area contributed by atoms with E-state index in [1.807, 2.05) is 26.8 Å². The number of hydrogen-bond donors (Lipinski definition) is 1. The lowest BCUT2D eigenvalue weighted by atomic mass is 9.97. The summed E-state index contributed by atoms with van der Waals surface area (Å²) >= 11 is 6.27. The van der Waals surface area contributed by atoms with Crippen molar-refractivity contribution in [2.75, 3.05) is 18.5 Å². The zero-order chi connectivity index (χ0) is 24.4. The fourth-order valence-corrected chi connectivity index (χ4v) is 2.97. The standard InChI is InChI=1S/C21H25ClF3NO3.C2H6/c1-6-15(10-20(27)28)17-9-14(4)18(22)11-19(17)26(5)12-13(3)8-16(7-2)29-21(23,24)25;1-2/h6-9,11H,10,12H2,1-5H3,(H,27,28);1-2H3/b13-8+,15-6+,16-7+;. The zero-order valence-corrected chi connectivity index (χ0v) is 19.8. The predicted molar refractivity (Wildman–Crippen MR) is 121 cm³/mol. The van der Waals surface area contributed by atoms with E-state index in [1.165, 1.54) is 19.1 Å². The molecule has 1 aromatic carbocycles. The van der Waals surface area contributed by atoms with Gasteiger partial charge in [-0.05, 0) is 63.1 Å². The monoisotopic (exact) mass is 461 g/mol. The van der Waals surface area contributed by atoms with Gasteiger partial charge in [0, 0.05) is 29.9 Å². The third-order valence-corrected chi connectivity index (χ3v) is 4.52. The van der Waals surface area contributed by atoms with Crippen LogP contribution < -0.4 is 4.90 Å². The minimum atomic E-state index is -4.76. The lowest BCUT2D eigenvalue weighted by molar-refractivity contribution is -0.303. The highest BCUT2D eigenvalue weighted by atomic mass is 35.5. The summed E-state index contributed by atoms with van der Waals surface area (Å²) in [6.45, 7) is 11.0. The molecular weight excluding hydrogens is 431 g/mol. The Kier molecular flexibility index (Phi) is 12.1. The number of ether oxygens (including phenoxy) is 1. The highest BCUT2D eigenvalue weighted by molar-refractivity contribution is 6.31. The van der Waals surface area contributed by atoms with Crippen LogP contribution in [0.25, 0.3) is 5.57 Å². The van der Waals surface area contributed by atoms with E-state index in [0.29, 0.717) is 27.4 Å². The molecule has 0 saturated carbocycles. The minimum absolute atomic E-state index is 0.157. The van der Waals surface area contributed by atoms with E-state index in [9.17, 15) is 23.1 Å². The highest BCUT2D eigenvalue weighted by Gasteiger charge is 2.31. The molecule has 0 atom stereocenters. The second-order valence-corrected chi connectivity index (χ2v) is 7.00. The number of allylic oxidation sites excluding steroid dienone is 3. The number of carboxylic acids is 1. The molecule has 0 radical (unpaired) electrons. The first-order valence-corrected chi connectivity index (χ1v) is 10.2. The normalized spacial score (nSPS) is 12.8. The molecule has 0 aliphatic rings. The van der Waals surface area contributed by atoms with E-state index < -0.39 is 12.3 Å². The van der Waals surface area contributed by atoms with Crippen molar-refractivity contribution in [3.8, 4) is 0 Å². The summed E-state index contributed by atoms with van der Waals surface area (Å²) in [6, 6.07) is 3.54. The fraction of sp³-hybridized carbons (Fsp3) is 0.435. The molecule has 1 N–H and O–H groups in total. The molecule has 0 unspecified atom stereocenters. The summed E-state index contributed by atoms with van der Waals surface area (Å²) in [7, 11) is 1.76. The smallest absolute Gasteiger partial charge is 0.481 e. The van der Waals surface area contributed by atoms with Gasteiger partial charge in [0.2, 0.25) is 0 Å². The summed E-state index contributed by atoms with van der Waals surface area (Å²) in [5.74, 6) is -1.26. The number of anilines is 1. The van der Waals surface area contributed by atoms with Gasteiger partial charge in [0.15, 0.2) is 0 Å². The first-order chi connectivity index (χ1) is 14.4. The SMILES string of the molecule is C/C=C(\C=C(/C)CN(C)c1cc(Cl)c(C)cc1/C(=C/C)CC(=O)O)OC(F)(F)F.CC. The van der Waals surface area contributed by atoms with Gasteiger partial charge >= 0.3 is 12.3 Å². The van der Waals surface area contributed by atoms with E-state index in [2.05, 4.69) is 4.74 Å². The van der Waals surface area contributed by atoms with Crippen molar-refractivity contribution in [1.82, 2.24) is 0 Å². The van der Waals surface area contributed by atoms with E-state index in [0.717, 1.165) is 5.56 Å². The van der Waals surface area contributed by atoms with Crippen LogP contribution in [0.1, 0.15) is 52.2 Å². The summed E-state index contributed by atoms with van der Waals surface area (Å²) in [5.41, 5.74) is 3.43. The molecular formula is C23H31ClF3NO3. The first-order valence-electron chi connectivity index (χ1n) is 9.85. The predicted octanol–water partition coefficient (Wildman–Crippen LogP) is 7.38. The maximum absolute atomic E-state index is 12.5. The van der Waals surface area contributed by atoms with Crippen LogP contribution in [0.2, 0.25) is 5.02 Å². The molecule has 8 heteroatoms. The Hall–Kier alpha value is -2.41. The quantitative estimate of drug-likeness (QED) is 0.324. The number of carbonyl (C=O) groups is 1. The number of aryl methyl sites for hydroxylation is 1. The number of alkyl halides is 3. The number of aliphatic carboxylic acids is 1. The average molecular weight is 462 g/mol. The molecule has 0 aliphatic carbocycles. The van der Waals surface area contributed by atoms with Crippen molar-refractivity contribution in [3.05, 3.63) is 57.8 Å². The van der Waals surface area contributed by atoms with Crippen LogP contribution in [0.15, 0.2) is 41.7 Å². The Bertz CT molecular complexity index is 843. The molecule has 0 bridgehead atoms. The summed E-state index contributed by atoms with van der Waals surface area (Å²) in [5, 5.41) is 9.70. The van der Waals surface area contributed by atoms with Crippen molar-refractivity contribution >= 4 is 28.8 Å². The minimum Gasteiger partial charge on any atom is -0.481 e. The highest BCUT2D eigenvalue weighted by Crippen LogP contribution is 2.34. The van der Waals surface area contributed by atoms with E-state index in [-0.39, 0.29) is 18.7 Å².